The molecule has 6 aromatic carbocycles. The van der Waals surface area contributed by atoms with Crippen LogP contribution in [0.15, 0.2) is 170 Å². The minimum atomic E-state index is -1.34. The highest BCUT2D eigenvalue weighted by molar-refractivity contribution is 8.00. The van der Waals surface area contributed by atoms with Crippen LogP contribution in [-0.2, 0) is 19.9 Å². The third-order valence-corrected chi connectivity index (χ3v) is 13.1. The third kappa shape index (κ3) is 8.48. The second kappa shape index (κ2) is 18.3. The zero-order chi connectivity index (χ0) is 37.9. The molecule has 55 heavy (non-hydrogen) atoms. The monoisotopic (exact) mass is 763 g/mol. The number of esters is 1. The maximum atomic E-state index is 14.7. The number of rotatable bonds is 12. The van der Waals surface area contributed by atoms with Gasteiger partial charge in [0.15, 0.2) is 5.60 Å². The number of hydrogen-bond acceptors (Lipinski definition) is 4. The molecule has 2 atom stereocenters. The summed E-state index contributed by atoms with van der Waals surface area (Å²) in [7, 11) is 0. The summed E-state index contributed by atoms with van der Waals surface area (Å²) in [6, 6.07) is 56.8. The summed E-state index contributed by atoms with van der Waals surface area (Å²) in [6.07, 6.45) is 10.2. The average Bonchev–Trinajstić information content (AvgIpc) is 3.39. The fourth-order valence-corrected chi connectivity index (χ4v) is 10.0. The molecular formula is C50H50ClNO2S. The minimum absolute atomic E-state index is 0.297. The highest BCUT2D eigenvalue weighted by Gasteiger charge is 2.44. The minimum Gasteiger partial charge on any atom is -0.443 e. The van der Waals surface area contributed by atoms with Gasteiger partial charge >= 0.3 is 5.97 Å². The Hall–Kier alpha value is -4.61. The first-order valence-corrected chi connectivity index (χ1v) is 21.1. The van der Waals surface area contributed by atoms with E-state index in [2.05, 4.69) is 97.1 Å². The SMILES string of the molecule is N[C@H](CSC(c1ccccc1)(c1ccccc1)c1ccccc1)C(=O)OC(c1ccccc1)(c1ccc(C2CCCCCCCC2)cc1)c1ccccc1Cl. The molecule has 3 nitrogen and oxygen atoms in total. The number of ether oxygens (including phenoxy) is 1. The van der Waals surface area contributed by atoms with Crippen LogP contribution in [-0.4, -0.2) is 17.8 Å². The van der Waals surface area contributed by atoms with E-state index in [0.717, 1.165) is 27.8 Å². The smallest absolute Gasteiger partial charge is 0.325 e. The van der Waals surface area contributed by atoms with E-state index in [1.807, 2.05) is 72.8 Å². The van der Waals surface area contributed by atoms with Crippen LogP contribution < -0.4 is 5.73 Å². The lowest BCUT2D eigenvalue weighted by Crippen LogP contribution is -2.43. The molecule has 1 aliphatic rings. The second-order valence-corrected chi connectivity index (χ2v) is 16.3. The summed E-state index contributed by atoms with van der Waals surface area (Å²) in [4.78, 5) is 14.7. The summed E-state index contributed by atoms with van der Waals surface area (Å²) in [6.45, 7) is 0. The van der Waals surface area contributed by atoms with Crippen molar-refractivity contribution in [3.63, 3.8) is 0 Å². The lowest BCUT2D eigenvalue weighted by atomic mass is 9.78. The van der Waals surface area contributed by atoms with Gasteiger partial charge in [0.05, 0.1) is 4.75 Å². The van der Waals surface area contributed by atoms with E-state index >= 15 is 0 Å². The van der Waals surface area contributed by atoms with Crippen LogP contribution in [0.4, 0.5) is 0 Å². The van der Waals surface area contributed by atoms with Crippen molar-refractivity contribution in [1.82, 2.24) is 0 Å². The number of halogens is 1. The van der Waals surface area contributed by atoms with E-state index < -0.39 is 22.4 Å². The van der Waals surface area contributed by atoms with Gasteiger partial charge in [-0.05, 0) is 47.1 Å². The largest absolute Gasteiger partial charge is 0.443 e. The summed E-state index contributed by atoms with van der Waals surface area (Å²) in [5, 5.41) is 0.513. The Morgan fingerprint density at radius 3 is 1.49 bits per heavy atom. The average molecular weight is 764 g/mol. The number of carbonyl (C=O) groups excluding carboxylic acids is 1. The molecule has 1 unspecified atom stereocenters. The quantitative estimate of drug-likeness (QED) is 0.0996. The van der Waals surface area contributed by atoms with Crippen LogP contribution in [0.2, 0.25) is 5.02 Å². The van der Waals surface area contributed by atoms with E-state index in [1.54, 1.807) is 11.8 Å². The number of carbonyl (C=O) groups is 1. The van der Waals surface area contributed by atoms with E-state index in [0.29, 0.717) is 22.3 Å². The van der Waals surface area contributed by atoms with Gasteiger partial charge in [-0.15, -0.1) is 11.8 Å². The molecule has 0 radical (unpaired) electrons. The van der Waals surface area contributed by atoms with Gasteiger partial charge in [0, 0.05) is 27.5 Å². The van der Waals surface area contributed by atoms with Crippen LogP contribution in [0.5, 0.6) is 0 Å². The fourth-order valence-electron chi connectivity index (χ4n) is 8.30. The van der Waals surface area contributed by atoms with Crippen LogP contribution in [0, 0.1) is 0 Å². The van der Waals surface area contributed by atoms with Crippen LogP contribution in [0.1, 0.15) is 96.2 Å². The first kappa shape index (κ1) is 38.7. The molecule has 1 saturated carbocycles. The normalized spacial score (nSPS) is 15.8. The molecule has 1 fully saturated rings. The molecule has 280 valence electrons. The molecule has 2 N–H and O–H groups in total. The summed E-state index contributed by atoms with van der Waals surface area (Å²) >= 11 is 8.72. The van der Waals surface area contributed by atoms with Gasteiger partial charge in [-0.3, -0.25) is 4.79 Å². The molecular weight excluding hydrogens is 714 g/mol. The van der Waals surface area contributed by atoms with Crippen molar-refractivity contribution in [3.05, 3.63) is 214 Å². The molecule has 0 aliphatic heterocycles. The van der Waals surface area contributed by atoms with Gasteiger partial charge < -0.3 is 10.5 Å². The topological polar surface area (TPSA) is 52.3 Å². The van der Waals surface area contributed by atoms with Crippen molar-refractivity contribution in [3.8, 4) is 0 Å². The number of benzene rings is 6. The Morgan fingerprint density at radius 2 is 1.00 bits per heavy atom. The highest BCUT2D eigenvalue weighted by Crippen LogP contribution is 2.49. The first-order valence-electron chi connectivity index (χ1n) is 19.7. The van der Waals surface area contributed by atoms with Crippen LogP contribution >= 0.6 is 23.4 Å². The predicted octanol–water partition coefficient (Wildman–Crippen LogP) is 12.4. The summed E-state index contributed by atoms with van der Waals surface area (Å²) in [5.41, 5.74) is 12.6. The summed E-state index contributed by atoms with van der Waals surface area (Å²) in [5.74, 6) is 0.316. The molecule has 0 aromatic heterocycles. The van der Waals surface area contributed by atoms with E-state index in [9.17, 15) is 4.79 Å². The van der Waals surface area contributed by atoms with Gasteiger partial charge in [0.25, 0.3) is 0 Å². The Balaban J connectivity index is 1.27. The van der Waals surface area contributed by atoms with Gasteiger partial charge in [0.2, 0.25) is 0 Å². The lowest BCUT2D eigenvalue weighted by molar-refractivity contribution is -0.154. The molecule has 0 heterocycles. The van der Waals surface area contributed by atoms with Gasteiger partial charge in [-0.2, -0.15) is 0 Å². The van der Waals surface area contributed by atoms with Gasteiger partial charge in [-0.25, -0.2) is 0 Å². The lowest BCUT2D eigenvalue weighted by Gasteiger charge is -2.38. The first-order chi connectivity index (χ1) is 27.0. The van der Waals surface area contributed by atoms with Crippen molar-refractivity contribution in [2.45, 2.75) is 73.7 Å². The summed E-state index contributed by atoms with van der Waals surface area (Å²) < 4.78 is 6.27. The fraction of sp³-hybridized carbons (Fsp3) is 0.260. The number of thioether (sulfide) groups is 1. The van der Waals surface area contributed by atoms with E-state index in [4.69, 9.17) is 22.1 Å². The second-order valence-electron chi connectivity index (χ2n) is 14.7. The van der Waals surface area contributed by atoms with Crippen molar-refractivity contribution in [1.29, 1.82) is 0 Å². The van der Waals surface area contributed by atoms with Crippen molar-refractivity contribution in [2.24, 2.45) is 5.73 Å². The Morgan fingerprint density at radius 1 is 0.582 bits per heavy atom. The molecule has 5 heteroatoms. The van der Waals surface area contributed by atoms with Crippen LogP contribution in [0.3, 0.4) is 0 Å². The van der Waals surface area contributed by atoms with Crippen LogP contribution in [0.25, 0.3) is 0 Å². The number of hydrogen-bond donors (Lipinski definition) is 1. The molecule has 0 bridgehead atoms. The maximum Gasteiger partial charge on any atom is 0.325 e. The van der Waals surface area contributed by atoms with Gasteiger partial charge in [0.1, 0.15) is 6.04 Å². The zero-order valence-electron chi connectivity index (χ0n) is 31.4. The van der Waals surface area contributed by atoms with E-state index in [-0.39, 0.29) is 0 Å². The van der Waals surface area contributed by atoms with Crippen molar-refractivity contribution >= 4 is 29.3 Å². The Kier molecular flexibility index (Phi) is 12.9. The highest BCUT2D eigenvalue weighted by atomic mass is 35.5. The molecule has 6 aromatic rings. The van der Waals surface area contributed by atoms with Gasteiger partial charge in [-0.1, -0.05) is 214 Å². The van der Waals surface area contributed by atoms with E-state index in [1.165, 1.54) is 56.9 Å². The zero-order valence-corrected chi connectivity index (χ0v) is 32.9. The van der Waals surface area contributed by atoms with Crippen molar-refractivity contribution < 1.29 is 9.53 Å². The number of nitrogens with two attached hydrogens (primary N) is 1. The Bertz CT molecular complexity index is 1990. The molecule has 0 amide bonds. The molecule has 0 saturated heterocycles. The molecule has 0 spiro atoms. The Labute approximate surface area is 336 Å². The third-order valence-electron chi connectivity index (χ3n) is 11.2. The van der Waals surface area contributed by atoms with Crippen molar-refractivity contribution in [2.75, 3.05) is 5.75 Å². The standard InChI is InChI=1S/C50H50ClNO2S/c51-46-32-20-19-31-45(46)49(40-23-11-5-12-24-40,41-35-33-39(34-36-41)38-21-9-3-1-2-4-10-22-38)54-48(53)47(52)37-55-50(42-25-13-6-14-26-42,43-27-15-7-16-28-43)44-29-17-8-18-30-44/h5-8,11-20,23-36,38,47H,1-4,9-10,21-22,37,52H2/t47-,49?/m1/s1. The predicted molar refractivity (Wildman–Crippen MR) is 230 cm³/mol. The maximum absolute atomic E-state index is 14.7. The molecule has 7 rings (SSSR count). The molecule has 1 aliphatic carbocycles.